The number of carbonyl (C=O) groups is 1. The molecule has 3 nitrogen and oxygen atoms in total. The molecule has 0 spiro atoms. The number of fused-ring (bicyclic) bond motifs is 1. The first-order valence-corrected chi connectivity index (χ1v) is 7.08. The lowest BCUT2D eigenvalue weighted by Crippen LogP contribution is -2.33. The molecule has 0 amide bonds. The minimum Gasteiger partial charge on any atom is -0.361 e. The van der Waals surface area contributed by atoms with E-state index in [0.717, 1.165) is 48.8 Å². The maximum Gasteiger partial charge on any atom is 0.170 e. The molecule has 0 radical (unpaired) electrons. The molecule has 2 aromatic rings. The van der Waals surface area contributed by atoms with Gasteiger partial charge in [0, 0.05) is 34.6 Å². The summed E-state index contributed by atoms with van der Waals surface area (Å²) in [6.07, 6.45) is 4.91. The Labute approximate surface area is 113 Å². The standard InChI is InChI=1S/C16H20N2O/c1-2-6-16(7-9-17-11-16)15(19)13-3-4-14-12(10-13)5-8-18-14/h3-5,8,10,17-18H,2,6-7,9,11H2,1H3. The minimum atomic E-state index is -0.182. The number of aromatic amines is 1. The number of rotatable bonds is 4. The summed E-state index contributed by atoms with van der Waals surface area (Å²) in [5.74, 6) is 0.308. The Bertz CT molecular complexity index is 594. The van der Waals surface area contributed by atoms with E-state index in [2.05, 4.69) is 17.2 Å². The third kappa shape index (κ3) is 2.08. The lowest BCUT2D eigenvalue weighted by molar-refractivity contribution is 0.0802. The molecule has 3 heteroatoms. The van der Waals surface area contributed by atoms with Gasteiger partial charge in [0.2, 0.25) is 0 Å². The van der Waals surface area contributed by atoms with Crippen LogP contribution >= 0.6 is 0 Å². The molecule has 1 unspecified atom stereocenters. The highest BCUT2D eigenvalue weighted by Gasteiger charge is 2.40. The quantitative estimate of drug-likeness (QED) is 0.825. The predicted molar refractivity (Wildman–Crippen MR) is 77.5 cm³/mol. The molecule has 0 aliphatic carbocycles. The molecule has 3 rings (SSSR count). The molecule has 1 aliphatic heterocycles. The number of benzene rings is 1. The number of carbonyl (C=O) groups excluding carboxylic acids is 1. The second-order valence-corrected chi connectivity index (χ2v) is 5.57. The molecule has 1 aromatic carbocycles. The van der Waals surface area contributed by atoms with Crippen molar-refractivity contribution in [3.63, 3.8) is 0 Å². The van der Waals surface area contributed by atoms with Gasteiger partial charge < -0.3 is 10.3 Å². The van der Waals surface area contributed by atoms with Crippen LogP contribution in [0.4, 0.5) is 0 Å². The lowest BCUT2D eigenvalue weighted by atomic mass is 9.76. The first-order valence-electron chi connectivity index (χ1n) is 7.08. The van der Waals surface area contributed by atoms with Crippen LogP contribution in [0.2, 0.25) is 0 Å². The van der Waals surface area contributed by atoms with Crippen LogP contribution in [0.15, 0.2) is 30.5 Å². The molecule has 2 heterocycles. The van der Waals surface area contributed by atoms with Gasteiger partial charge in [0.1, 0.15) is 0 Å². The average Bonchev–Trinajstić information content (AvgIpc) is 3.06. The first-order chi connectivity index (χ1) is 9.25. The summed E-state index contributed by atoms with van der Waals surface area (Å²) in [5.41, 5.74) is 1.76. The number of Topliss-reactive ketones (excluding diaryl/α,β-unsaturated/α-hetero) is 1. The van der Waals surface area contributed by atoms with Crippen LogP contribution in [0.5, 0.6) is 0 Å². The van der Waals surface area contributed by atoms with Crippen molar-refractivity contribution in [3.05, 3.63) is 36.0 Å². The van der Waals surface area contributed by atoms with Gasteiger partial charge in [-0.1, -0.05) is 13.3 Å². The summed E-state index contributed by atoms with van der Waals surface area (Å²) in [4.78, 5) is 16.0. The van der Waals surface area contributed by atoms with Crippen LogP contribution in [0.3, 0.4) is 0 Å². The number of H-pyrrole nitrogens is 1. The van der Waals surface area contributed by atoms with E-state index < -0.39 is 0 Å². The van der Waals surface area contributed by atoms with Crippen molar-refractivity contribution in [1.29, 1.82) is 0 Å². The van der Waals surface area contributed by atoms with Gasteiger partial charge in [-0.25, -0.2) is 0 Å². The molecular formula is C16H20N2O. The zero-order valence-corrected chi connectivity index (χ0v) is 11.3. The summed E-state index contributed by atoms with van der Waals surface area (Å²) in [6, 6.07) is 8.00. The van der Waals surface area contributed by atoms with E-state index in [-0.39, 0.29) is 5.41 Å². The highest BCUT2D eigenvalue weighted by molar-refractivity contribution is 6.03. The molecule has 100 valence electrons. The van der Waals surface area contributed by atoms with Crippen LogP contribution in [0, 0.1) is 5.41 Å². The van der Waals surface area contributed by atoms with E-state index in [9.17, 15) is 4.79 Å². The van der Waals surface area contributed by atoms with Gasteiger partial charge in [-0.15, -0.1) is 0 Å². The van der Waals surface area contributed by atoms with Gasteiger partial charge in [0.15, 0.2) is 5.78 Å². The molecular weight excluding hydrogens is 236 g/mol. The number of ketones is 1. The third-order valence-electron chi connectivity index (χ3n) is 4.27. The second kappa shape index (κ2) is 4.82. The Morgan fingerprint density at radius 3 is 3.00 bits per heavy atom. The van der Waals surface area contributed by atoms with E-state index in [4.69, 9.17) is 0 Å². The van der Waals surface area contributed by atoms with Gasteiger partial charge in [-0.2, -0.15) is 0 Å². The molecule has 0 saturated carbocycles. The van der Waals surface area contributed by atoms with Crippen molar-refractivity contribution in [1.82, 2.24) is 10.3 Å². The average molecular weight is 256 g/mol. The van der Waals surface area contributed by atoms with Crippen LogP contribution in [0.25, 0.3) is 10.9 Å². The smallest absolute Gasteiger partial charge is 0.170 e. The summed E-state index contributed by atoms with van der Waals surface area (Å²) >= 11 is 0. The highest BCUT2D eigenvalue weighted by atomic mass is 16.1. The largest absolute Gasteiger partial charge is 0.361 e. The number of hydrogen-bond acceptors (Lipinski definition) is 2. The summed E-state index contributed by atoms with van der Waals surface area (Å²) in [5, 5.41) is 4.47. The van der Waals surface area contributed by atoms with Gasteiger partial charge in [0.05, 0.1) is 0 Å². The van der Waals surface area contributed by atoms with Crippen molar-refractivity contribution in [2.45, 2.75) is 26.2 Å². The van der Waals surface area contributed by atoms with Crippen LogP contribution < -0.4 is 5.32 Å². The van der Waals surface area contributed by atoms with Gasteiger partial charge in [-0.05, 0) is 43.7 Å². The Balaban J connectivity index is 1.97. The van der Waals surface area contributed by atoms with Crippen molar-refractivity contribution in [2.75, 3.05) is 13.1 Å². The van der Waals surface area contributed by atoms with Gasteiger partial charge in [0.25, 0.3) is 0 Å². The summed E-state index contributed by atoms with van der Waals surface area (Å²) in [6.45, 7) is 3.94. The van der Waals surface area contributed by atoms with Gasteiger partial charge in [-0.3, -0.25) is 4.79 Å². The van der Waals surface area contributed by atoms with Crippen molar-refractivity contribution < 1.29 is 4.79 Å². The predicted octanol–water partition coefficient (Wildman–Crippen LogP) is 3.13. The van der Waals surface area contributed by atoms with E-state index in [0.29, 0.717) is 5.78 Å². The fourth-order valence-electron chi connectivity index (χ4n) is 3.24. The van der Waals surface area contributed by atoms with Crippen molar-refractivity contribution >= 4 is 16.7 Å². The van der Waals surface area contributed by atoms with E-state index in [1.165, 1.54) is 0 Å². The Hall–Kier alpha value is -1.61. The van der Waals surface area contributed by atoms with E-state index in [1.807, 2.05) is 30.5 Å². The van der Waals surface area contributed by atoms with Crippen LogP contribution in [-0.4, -0.2) is 23.9 Å². The Morgan fingerprint density at radius 2 is 2.26 bits per heavy atom. The topological polar surface area (TPSA) is 44.9 Å². The highest BCUT2D eigenvalue weighted by Crippen LogP contribution is 2.35. The molecule has 2 N–H and O–H groups in total. The maximum absolute atomic E-state index is 12.9. The molecule has 19 heavy (non-hydrogen) atoms. The number of nitrogens with one attached hydrogen (secondary N) is 2. The zero-order valence-electron chi connectivity index (χ0n) is 11.3. The fraction of sp³-hybridized carbons (Fsp3) is 0.438. The molecule has 1 atom stereocenters. The van der Waals surface area contributed by atoms with Gasteiger partial charge >= 0.3 is 0 Å². The second-order valence-electron chi connectivity index (χ2n) is 5.57. The monoisotopic (exact) mass is 256 g/mol. The summed E-state index contributed by atoms with van der Waals surface area (Å²) in [7, 11) is 0. The van der Waals surface area contributed by atoms with Crippen molar-refractivity contribution in [2.24, 2.45) is 5.41 Å². The maximum atomic E-state index is 12.9. The Kier molecular flexibility index (Phi) is 3.15. The first kappa shape index (κ1) is 12.4. The molecule has 1 aliphatic rings. The molecule has 1 saturated heterocycles. The summed E-state index contributed by atoms with van der Waals surface area (Å²) < 4.78 is 0. The molecule has 1 fully saturated rings. The molecule has 1 aromatic heterocycles. The van der Waals surface area contributed by atoms with E-state index in [1.54, 1.807) is 0 Å². The minimum absolute atomic E-state index is 0.182. The zero-order chi connectivity index (χ0) is 13.3. The van der Waals surface area contributed by atoms with E-state index >= 15 is 0 Å². The van der Waals surface area contributed by atoms with Crippen LogP contribution in [0.1, 0.15) is 36.5 Å². The fourth-order valence-corrected chi connectivity index (χ4v) is 3.24. The third-order valence-corrected chi connectivity index (χ3v) is 4.27. The van der Waals surface area contributed by atoms with Crippen LogP contribution in [-0.2, 0) is 0 Å². The lowest BCUT2D eigenvalue weighted by Gasteiger charge is -2.26. The SMILES string of the molecule is CCCC1(C(=O)c2ccc3[nH]ccc3c2)CCNC1. The number of hydrogen-bond donors (Lipinski definition) is 2. The number of aromatic nitrogens is 1. The van der Waals surface area contributed by atoms with Crippen molar-refractivity contribution in [3.8, 4) is 0 Å². The Morgan fingerprint density at radius 1 is 1.37 bits per heavy atom. The molecule has 0 bridgehead atoms. The normalized spacial score (nSPS) is 23.0.